The number of nitrogens with zero attached hydrogens (tertiary/aromatic N) is 2. The molecule has 1 fully saturated rings. The first-order chi connectivity index (χ1) is 7.34. The van der Waals surface area contributed by atoms with E-state index in [1.807, 2.05) is 6.92 Å². The second kappa shape index (κ2) is 4.42. The molecule has 0 spiro atoms. The maximum Gasteiger partial charge on any atom is 0.242 e. The van der Waals surface area contributed by atoms with Crippen LogP contribution in [0.4, 0.5) is 0 Å². The molecule has 0 aromatic heterocycles. The molecule has 0 aromatic carbocycles. The van der Waals surface area contributed by atoms with Crippen LogP contribution >= 0.6 is 0 Å². The molecule has 1 N–H and O–H groups in total. The fraction of sp³-hybridized carbons (Fsp3) is 0.833. The van der Waals surface area contributed by atoms with Crippen molar-refractivity contribution in [3.63, 3.8) is 0 Å². The maximum absolute atomic E-state index is 12.1. The van der Waals surface area contributed by atoms with Gasteiger partial charge in [0.2, 0.25) is 5.91 Å². The van der Waals surface area contributed by atoms with Crippen molar-refractivity contribution >= 4 is 5.91 Å². The van der Waals surface area contributed by atoms with Crippen LogP contribution in [0.2, 0.25) is 0 Å². The first kappa shape index (κ1) is 13.0. The predicted octanol–water partition coefficient (Wildman–Crippen LogP) is 1.30. The fourth-order valence-corrected chi connectivity index (χ4v) is 1.82. The Kier molecular flexibility index (Phi) is 3.59. The standard InChI is InChI=1S/C12H20N2O2/c1-4-11(2,9-13)10(15)14-7-5-12(3,16)6-8-14/h16H,4-8H2,1-3H3. The molecular weight excluding hydrogens is 204 g/mol. The number of hydrogen-bond donors (Lipinski definition) is 1. The molecule has 1 rings (SSSR count). The van der Waals surface area contributed by atoms with Gasteiger partial charge in [0.15, 0.2) is 0 Å². The van der Waals surface area contributed by atoms with Gasteiger partial charge < -0.3 is 10.0 Å². The molecule has 1 saturated heterocycles. The molecule has 0 radical (unpaired) electrons. The van der Waals surface area contributed by atoms with E-state index >= 15 is 0 Å². The summed E-state index contributed by atoms with van der Waals surface area (Å²) in [6.07, 6.45) is 1.70. The SMILES string of the molecule is CCC(C)(C#N)C(=O)N1CCC(C)(O)CC1. The van der Waals surface area contributed by atoms with Crippen molar-refractivity contribution < 1.29 is 9.90 Å². The highest BCUT2D eigenvalue weighted by molar-refractivity contribution is 5.85. The van der Waals surface area contributed by atoms with Crippen LogP contribution in [0, 0.1) is 16.7 Å². The molecule has 16 heavy (non-hydrogen) atoms. The van der Waals surface area contributed by atoms with E-state index in [1.165, 1.54) is 0 Å². The second-order valence-electron chi connectivity index (χ2n) is 5.09. The molecule has 1 amide bonds. The molecular formula is C12H20N2O2. The topological polar surface area (TPSA) is 64.3 Å². The van der Waals surface area contributed by atoms with E-state index in [-0.39, 0.29) is 5.91 Å². The van der Waals surface area contributed by atoms with E-state index in [0.717, 1.165) is 0 Å². The first-order valence-corrected chi connectivity index (χ1v) is 5.78. The van der Waals surface area contributed by atoms with Crippen LogP contribution in [0.5, 0.6) is 0 Å². The van der Waals surface area contributed by atoms with Crippen molar-refractivity contribution in [3.05, 3.63) is 0 Å². The second-order valence-corrected chi connectivity index (χ2v) is 5.09. The maximum atomic E-state index is 12.1. The fourth-order valence-electron chi connectivity index (χ4n) is 1.82. The van der Waals surface area contributed by atoms with E-state index in [2.05, 4.69) is 6.07 Å². The van der Waals surface area contributed by atoms with Crippen LogP contribution < -0.4 is 0 Å². The highest BCUT2D eigenvalue weighted by Gasteiger charge is 2.38. The summed E-state index contributed by atoms with van der Waals surface area (Å²) in [5.41, 5.74) is -1.57. The minimum Gasteiger partial charge on any atom is -0.390 e. The molecule has 0 aromatic rings. The van der Waals surface area contributed by atoms with Crippen LogP contribution in [0.25, 0.3) is 0 Å². The Morgan fingerprint density at radius 2 is 2.06 bits per heavy atom. The van der Waals surface area contributed by atoms with E-state index < -0.39 is 11.0 Å². The van der Waals surface area contributed by atoms with Crippen LogP contribution in [-0.2, 0) is 4.79 Å². The monoisotopic (exact) mass is 224 g/mol. The molecule has 0 bridgehead atoms. The first-order valence-electron chi connectivity index (χ1n) is 5.78. The predicted molar refractivity (Wildman–Crippen MR) is 60.4 cm³/mol. The lowest BCUT2D eigenvalue weighted by Gasteiger charge is -2.38. The number of aliphatic hydroxyl groups is 1. The van der Waals surface area contributed by atoms with Gasteiger partial charge in [0.25, 0.3) is 0 Å². The summed E-state index contributed by atoms with van der Waals surface area (Å²) in [5.74, 6) is -0.104. The zero-order valence-corrected chi connectivity index (χ0v) is 10.3. The molecule has 1 aliphatic heterocycles. The minimum absolute atomic E-state index is 0.104. The third-order valence-corrected chi connectivity index (χ3v) is 3.55. The molecule has 1 atom stereocenters. The van der Waals surface area contributed by atoms with Gasteiger partial charge in [-0.05, 0) is 33.1 Å². The Balaban J connectivity index is 2.68. The summed E-state index contributed by atoms with van der Waals surface area (Å²) in [7, 11) is 0. The van der Waals surface area contributed by atoms with Gasteiger partial charge in [-0.25, -0.2) is 0 Å². The molecule has 1 heterocycles. The lowest BCUT2D eigenvalue weighted by molar-refractivity contribution is -0.142. The molecule has 4 nitrogen and oxygen atoms in total. The summed E-state index contributed by atoms with van der Waals surface area (Å²) >= 11 is 0. The minimum atomic E-state index is -0.913. The van der Waals surface area contributed by atoms with E-state index in [9.17, 15) is 9.90 Å². The summed E-state index contributed by atoms with van der Waals surface area (Å²) in [6.45, 7) is 6.41. The van der Waals surface area contributed by atoms with E-state index in [1.54, 1.807) is 18.7 Å². The van der Waals surface area contributed by atoms with Gasteiger partial charge in [-0.3, -0.25) is 4.79 Å². The number of nitriles is 1. The highest BCUT2D eigenvalue weighted by Crippen LogP contribution is 2.27. The van der Waals surface area contributed by atoms with Crippen LogP contribution in [0.1, 0.15) is 40.0 Å². The molecule has 0 aliphatic carbocycles. The van der Waals surface area contributed by atoms with Crippen molar-refractivity contribution in [2.24, 2.45) is 5.41 Å². The van der Waals surface area contributed by atoms with E-state index in [4.69, 9.17) is 5.26 Å². The summed E-state index contributed by atoms with van der Waals surface area (Å²) < 4.78 is 0. The largest absolute Gasteiger partial charge is 0.390 e. The number of hydrogen-bond acceptors (Lipinski definition) is 3. The zero-order chi connectivity index (χ0) is 12.4. The summed E-state index contributed by atoms with van der Waals surface area (Å²) in [4.78, 5) is 13.8. The molecule has 1 aliphatic rings. The number of carbonyl (C=O) groups is 1. The highest BCUT2D eigenvalue weighted by atomic mass is 16.3. The van der Waals surface area contributed by atoms with Crippen molar-refractivity contribution in [1.29, 1.82) is 5.26 Å². The van der Waals surface area contributed by atoms with Crippen molar-refractivity contribution in [2.75, 3.05) is 13.1 Å². The number of carbonyl (C=O) groups excluding carboxylic acids is 1. The van der Waals surface area contributed by atoms with Gasteiger partial charge in [0, 0.05) is 13.1 Å². The van der Waals surface area contributed by atoms with Gasteiger partial charge in [0.1, 0.15) is 5.41 Å². The Morgan fingerprint density at radius 1 is 1.56 bits per heavy atom. The molecule has 0 saturated carbocycles. The van der Waals surface area contributed by atoms with Gasteiger partial charge in [-0.15, -0.1) is 0 Å². The Bertz CT molecular complexity index is 309. The van der Waals surface area contributed by atoms with Crippen LogP contribution in [-0.4, -0.2) is 34.6 Å². The molecule has 4 heteroatoms. The Labute approximate surface area is 96.9 Å². The number of rotatable bonds is 2. The number of piperidine rings is 1. The van der Waals surface area contributed by atoms with E-state index in [0.29, 0.717) is 32.4 Å². The Morgan fingerprint density at radius 3 is 2.44 bits per heavy atom. The quantitative estimate of drug-likeness (QED) is 0.769. The smallest absolute Gasteiger partial charge is 0.242 e. The summed E-state index contributed by atoms with van der Waals surface area (Å²) in [5, 5.41) is 18.8. The molecule has 90 valence electrons. The lowest BCUT2D eigenvalue weighted by atomic mass is 9.85. The third-order valence-electron chi connectivity index (χ3n) is 3.55. The average molecular weight is 224 g/mol. The van der Waals surface area contributed by atoms with Gasteiger partial charge in [-0.2, -0.15) is 5.26 Å². The zero-order valence-electron chi connectivity index (χ0n) is 10.3. The lowest BCUT2D eigenvalue weighted by Crippen LogP contribution is -2.49. The van der Waals surface area contributed by atoms with Gasteiger partial charge >= 0.3 is 0 Å². The Hall–Kier alpha value is -1.08. The normalized spacial score (nSPS) is 23.3. The summed E-state index contributed by atoms with van der Waals surface area (Å²) in [6, 6.07) is 2.09. The third kappa shape index (κ3) is 2.53. The van der Waals surface area contributed by atoms with Crippen LogP contribution in [0.15, 0.2) is 0 Å². The average Bonchev–Trinajstić information content (AvgIpc) is 2.27. The van der Waals surface area contributed by atoms with Crippen molar-refractivity contribution in [2.45, 2.75) is 45.6 Å². The number of likely N-dealkylation sites (tertiary alicyclic amines) is 1. The van der Waals surface area contributed by atoms with Crippen molar-refractivity contribution in [1.82, 2.24) is 4.90 Å². The number of amides is 1. The molecule has 1 unspecified atom stereocenters. The van der Waals surface area contributed by atoms with Gasteiger partial charge in [-0.1, -0.05) is 6.92 Å². The van der Waals surface area contributed by atoms with Crippen molar-refractivity contribution in [3.8, 4) is 6.07 Å². The van der Waals surface area contributed by atoms with Crippen LogP contribution in [0.3, 0.4) is 0 Å². The van der Waals surface area contributed by atoms with Gasteiger partial charge in [0.05, 0.1) is 11.7 Å².